The minimum absolute atomic E-state index is 0.00388. The van der Waals surface area contributed by atoms with Crippen molar-refractivity contribution in [2.75, 3.05) is 11.9 Å². The van der Waals surface area contributed by atoms with Gasteiger partial charge in [-0.05, 0) is 61.4 Å². The van der Waals surface area contributed by atoms with Crippen molar-refractivity contribution in [1.82, 2.24) is 9.97 Å². The summed E-state index contributed by atoms with van der Waals surface area (Å²) >= 11 is 7.36. The van der Waals surface area contributed by atoms with Crippen molar-refractivity contribution in [1.29, 1.82) is 0 Å². The Balaban J connectivity index is 1.49. The number of ketones is 1. The predicted octanol–water partition coefficient (Wildman–Crippen LogP) is 3.61. The minimum Gasteiger partial charge on any atom is -0.384 e. The number of hydrogen-bond acceptors (Lipinski definition) is 9. The largest absolute Gasteiger partial charge is 0.384 e. The van der Waals surface area contributed by atoms with Crippen LogP contribution in [0.25, 0.3) is 0 Å². The fourth-order valence-electron chi connectivity index (χ4n) is 4.22. The van der Waals surface area contributed by atoms with E-state index in [2.05, 4.69) is 15.3 Å². The van der Waals surface area contributed by atoms with Gasteiger partial charge in [-0.2, -0.15) is 8.42 Å². The van der Waals surface area contributed by atoms with Crippen LogP contribution >= 0.6 is 22.9 Å². The van der Waals surface area contributed by atoms with Crippen LogP contribution < -0.4 is 10.5 Å². The molecule has 1 aliphatic rings. The van der Waals surface area contributed by atoms with Crippen molar-refractivity contribution < 1.29 is 22.5 Å². The van der Waals surface area contributed by atoms with E-state index in [1.54, 1.807) is 30.3 Å². The maximum absolute atomic E-state index is 13.4. The predicted molar refractivity (Wildman–Crippen MR) is 134 cm³/mol. The Labute approximate surface area is 212 Å². The Hall–Kier alpha value is -2.41. The third-order valence-electron chi connectivity index (χ3n) is 5.95. The minimum atomic E-state index is -3.97. The topological polar surface area (TPSA) is 144 Å². The maximum Gasteiger partial charge on any atom is 0.333 e. The highest BCUT2D eigenvalue weighted by Gasteiger charge is 2.28. The quantitative estimate of drug-likeness (QED) is 0.352. The summed E-state index contributed by atoms with van der Waals surface area (Å²) in [4.78, 5) is 23.0. The summed E-state index contributed by atoms with van der Waals surface area (Å²) in [5, 5.41) is 19.6. The number of nitrogens with zero attached hydrogens (tertiary/aromatic N) is 2. The van der Waals surface area contributed by atoms with Crippen molar-refractivity contribution in [3.05, 3.63) is 74.3 Å². The van der Waals surface area contributed by atoms with Gasteiger partial charge in [-0.25, -0.2) is 15.1 Å². The van der Waals surface area contributed by atoms with E-state index in [9.17, 15) is 18.3 Å². The van der Waals surface area contributed by atoms with Crippen molar-refractivity contribution in [3.63, 3.8) is 0 Å². The molecule has 2 unspecified atom stereocenters. The molecule has 3 atom stereocenters. The Morgan fingerprint density at radius 1 is 1.37 bits per heavy atom. The number of nitrogens with two attached hydrogens (primary N) is 1. The molecule has 1 aromatic carbocycles. The van der Waals surface area contributed by atoms with E-state index in [4.69, 9.17) is 20.9 Å². The fraction of sp³-hybridized carbons (Fsp3) is 0.348. The van der Waals surface area contributed by atoms with Gasteiger partial charge < -0.3 is 10.4 Å². The number of thiophene rings is 1. The number of aliphatic hydroxyl groups excluding tert-OH is 1. The summed E-state index contributed by atoms with van der Waals surface area (Å²) in [6, 6.07) is 8.67. The summed E-state index contributed by atoms with van der Waals surface area (Å²) in [5.41, 5.74) is 1.60. The van der Waals surface area contributed by atoms with Crippen molar-refractivity contribution >= 4 is 44.8 Å². The van der Waals surface area contributed by atoms with Gasteiger partial charge in [0.15, 0.2) is 0 Å². The number of benzene rings is 1. The maximum atomic E-state index is 13.4. The summed E-state index contributed by atoms with van der Waals surface area (Å²) < 4.78 is 26.8. The van der Waals surface area contributed by atoms with E-state index in [-0.39, 0.29) is 24.3 Å². The zero-order valence-electron chi connectivity index (χ0n) is 18.8. The number of carbonyl (C=O) groups excluding carboxylic acids is 1. The van der Waals surface area contributed by atoms with Gasteiger partial charge in [0.2, 0.25) is 5.78 Å². The van der Waals surface area contributed by atoms with Crippen LogP contribution in [-0.2, 0) is 14.5 Å². The molecule has 2 heterocycles. The molecule has 3 aromatic rings. The lowest BCUT2D eigenvalue weighted by Gasteiger charge is -2.15. The van der Waals surface area contributed by atoms with Crippen LogP contribution in [0.5, 0.6) is 0 Å². The number of aryl methyl sites for hydroxylation is 1. The highest BCUT2D eigenvalue weighted by Crippen LogP contribution is 2.34. The first-order valence-electron chi connectivity index (χ1n) is 10.9. The first-order chi connectivity index (χ1) is 16.6. The van der Waals surface area contributed by atoms with Gasteiger partial charge >= 0.3 is 10.3 Å². The molecule has 2 aromatic heterocycles. The molecule has 0 saturated heterocycles. The average molecular weight is 537 g/mol. The Morgan fingerprint density at radius 3 is 2.91 bits per heavy atom. The number of carbonyl (C=O) groups is 1. The molecule has 35 heavy (non-hydrogen) atoms. The number of halogens is 1. The number of hydrogen-bond donors (Lipinski definition) is 3. The highest BCUT2D eigenvalue weighted by atomic mass is 35.5. The Bertz CT molecular complexity index is 1330. The van der Waals surface area contributed by atoms with E-state index < -0.39 is 16.4 Å². The lowest BCUT2D eigenvalue weighted by molar-refractivity contribution is 0.104. The van der Waals surface area contributed by atoms with Crippen LogP contribution in [0.4, 0.5) is 5.82 Å². The molecule has 9 nitrogen and oxygen atoms in total. The van der Waals surface area contributed by atoms with E-state index in [0.717, 1.165) is 17.7 Å². The highest BCUT2D eigenvalue weighted by molar-refractivity contribution is 7.84. The zero-order valence-corrected chi connectivity index (χ0v) is 21.2. The van der Waals surface area contributed by atoms with Crippen molar-refractivity contribution in [2.45, 2.75) is 38.3 Å². The second-order valence-corrected chi connectivity index (χ2v) is 11.4. The van der Waals surface area contributed by atoms with Crippen LogP contribution in [-0.4, -0.2) is 41.9 Å². The number of nitrogens with one attached hydrogen (secondary N) is 1. The van der Waals surface area contributed by atoms with E-state index in [0.29, 0.717) is 38.8 Å². The molecule has 1 saturated carbocycles. The molecule has 0 aliphatic heterocycles. The average Bonchev–Trinajstić information content (AvgIpc) is 3.43. The summed E-state index contributed by atoms with van der Waals surface area (Å²) in [5.74, 6) is 0.186. The molecule has 0 spiro atoms. The molecule has 0 bridgehead atoms. The molecule has 186 valence electrons. The van der Waals surface area contributed by atoms with Gasteiger partial charge in [0.1, 0.15) is 18.2 Å². The molecule has 1 fully saturated rings. The van der Waals surface area contributed by atoms with Crippen molar-refractivity contribution in [2.24, 2.45) is 11.1 Å². The number of aliphatic hydroxyl groups is 1. The second kappa shape index (κ2) is 10.7. The third-order valence-corrected chi connectivity index (χ3v) is 7.71. The number of rotatable bonds is 9. The third kappa shape index (κ3) is 6.43. The standard InChI is InChI=1S/C23H25ClN4O5S2/c1-13-18(21(29)15-3-2-4-16(24)8-15)9-20(34-13)22(30)19-10-26-12-27-23(19)28-17-6-5-14(7-17)11-33-35(25,31)32/h2-4,8-10,12,14,17,21,29H,5-7,11H2,1H3,(H2,25,31,32)(H,26,27,28)/t14?,17-,21?/m0/s1. The van der Waals surface area contributed by atoms with Gasteiger partial charge in [-0.1, -0.05) is 23.7 Å². The molecule has 12 heteroatoms. The van der Waals surface area contributed by atoms with Gasteiger partial charge in [0, 0.05) is 22.1 Å². The summed E-state index contributed by atoms with van der Waals surface area (Å²) in [6.45, 7) is 1.88. The monoisotopic (exact) mass is 536 g/mol. The molecule has 0 radical (unpaired) electrons. The van der Waals surface area contributed by atoms with Gasteiger partial charge in [-0.3, -0.25) is 8.98 Å². The van der Waals surface area contributed by atoms with Gasteiger partial charge in [0.25, 0.3) is 0 Å². The smallest absolute Gasteiger partial charge is 0.333 e. The summed E-state index contributed by atoms with van der Waals surface area (Å²) in [7, 11) is -3.97. The number of anilines is 1. The number of aromatic nitrogens is 2. The van der Waals surface area contributed by atoms with Crippen LogP contribution in [0.15, 0.2) is 42.9 Å². The SMILES string of the molecule is Cc1sc(C(=O)c2cncnc2N[C@H]2CCC(COS(N)(=O)=O)C2)cc1C(O)c1cccc(Cl)c1. The van der Waals surface area contributed by atoms with Crippen LogP contribution in [0.2, 0.25) is 5.02 Å². The summed E-state index contributed by atoms with van der Waals surface area (Å²) in [6.07, 6.45) is 4.10. The zero-order chi connectivity index (χ0) is 25.2. The van der Waals surface area contributed by atoms with Crippen LogP contribution in [0.3, 0.4) is 0 Å². The Morgan fingerprint density at radius 2 is 2.17 bits per heavy atom. The van der Waals surface area contributed by atoms with Gasteiger partial charge in [-0.15, -0.1) is 11.3 Å². The van der Waals surface area contributed by atoms with Gasteiger partial charge in [0.05, 0.1) is 17.0 Å². The van der Waals surface area contributed by atoms with Crippen LogP contribution in [0.1, 0.15) is 56.6 Å². The molecular weight excluding hydrogens is 512 g/mol. The first-order valence-corrected chi connectivity index (χ1v) is 13.6. The molecule has 0 amide bonds. The van der Waals surface area contributed by atoms with E-state index in [1.807, 2.05) is 6.92 Å². The normalized spacial score (nSPS) is 19.0. The molecule has 1 aliphatic carbocycles. The molecule has 4 N–H and O–H groups in total. The lowest BCUT2D eigenvalue weighted by atomic mass is 10.0. The first kappa shape index (κ1) is 25.7. The van der Waals surface area contributed by atoms with E-state index in [1.165, 1.54) is 23.9 Å². The molecule has 4 rings (SSSR count). The Kier molecular flexibility index (Phi) is 7.84. The lowest BCUT2D eigenvalue weighted by Crippen LogP contribution is -2.22. The fourth-order valence-corrected chi connectivity index (χ4v) is 5.81. The van der Waals surface area contributed by atoms with Crippen molar-refractivity contribution in [3.8, 4) is 0 Å². The van der Waals surface area contributed by atoms with Crippen LogP contribution in [0, 0.1) is 12.8 Å². The second-order valence-electron chi connectivity index (χ2n) is 8.49. The molecular formula is C23H25ClN4O5S2. The van der Waals surface area contributed by atoms with E-state index >= 15 is 0 Å².